The van der Waals surface area contributed by atoms with Crippen molar-refractivity contribution in [2.24, 2.45) is 5.73 Å². The molecule has 0 aromatic carbocycles. The van der Waals surface area contributed by atoms with Crippen LogP contribution in [0.5, 0.6) is 0 Å². The molecule has 0 unspecified atom stereocenters. The van der Waals surface area contributed by atoms with E-state index in [9.17, 15) is 4.39 Å². The molecule has 1 rings (SSSR count). The molecule has 2 nitrogen and oxygen atoms in total. The van der Waals surface area contributed by atoms with Gasteiger partial charge in [0.2, 0.25) is 5.95 Å². The van der Waals surface area contributed by atoms with E-state index in [2.05, 4.69) is 4.98 Å². The molecule has 0 fully saturated rings. The summed E-state index contributed by atoms with van der Waals surface area (Å²) in [6.07, 6.45) is 1.42. The van der Waals surface area contributed by atoms with E-state index in [0.717, 1.165) is 5.56 Å². The first-order chi connectivity index (χ1) is 4.75. The molecule has 1 aromatic heterocycles. The summed E-state index contributed by atoms with van der Waals surface area (Å²) in [5, 5.41) is 0. The molecule has 1 heterocycles. The Bertz CT molecular complexity index is 235. The molecule has 54 valence electrons. The second kappa shape index (κ2) is 2.75. The highest BCUT2D eigenvalue weighted by atomic mass is 19.1. The number of aromatic nitrogens is 1. The lowest BCUT2D eigenvalue weighted by molar-refractivity contribution is 0.571. The van der Waals surface area contributed by atoms with Crippen molar-refractivity contribution in [1.29, 1.82) is 0 Å². The fourth-order valence-electron chi connectivity index (χ4n) is 0.768. The smallest absolute Gasteiger partial charge is 0.216 e. The quantitative estimate of drug-likeness (QED) is 0.591. The van der Waals surface area contributed by atoms with Crippen LogP contribution >= 0.6 is 0 Å². The lowest BCUT2D eigenvalue weighted by Gasteiger charge is -2.00. The van der Waals surface area contributed by atoms with Crippen LogP contribution in [0, 0.1) is 12.9 Å². The first-order valence-electron chi connectivity index (χ1n) is 3.05. The first kappa shape index (κ1) is 7.15. The Morgan fingerprint density at radius 3 is 2.90 bits per heavy atom. The van der Waals surface area contributed by atoms with Crippen LogP contribution in [0.3, 0.4) is 0 Å². The molecule has 0 radical (unpaired) electrons. The molecule has 0 spiro atoms. The molecular formula is C7H9FN2. The monoisotopic (exact) mass is 140 g/mol. The van der Waals surface area contributed by atoms with Crippen LogP contribution in [0.1, 0.15) is 11.1 Å². The van der Waals surface area contributed by atoms with E-state index in [0.29, 0.717) is 12.1 Å². The lowest BCUT2D eigenvalue weighted by atomic mass is 10.1. The van der Waals surface area contributed by atoms with E-state index in [1.165, 1.54) is 6.20 Å². The van der Waals surface area contributed by atoms with Gasteiger partial charge in [-0.15, -0.1) is 0 Å². The van der Waals surface area contributed by atoms with E-state index in [1.54, 1.807) is 13.0 Å². The summed E-state index contributed by atoms with van der Waals surface area (Å²) in [7, 11) is 0. The van der Waals surface area contributed by atoms with Crippen molar-refractivity contribution < 1.29 is 4.39 Å². The Morgan fingerprint density at radius 1 is 1.70 bits per heavy atom. The summed E-state index contributed by atoms with van der Waals surface area (Å²) in [5.41, 5.74) is 6.68. The lowest BCUT2D eigenvalue weighted by Crippen LogP contribution is -2.01. The maximum Gasteiger partial charge on any atom is 0.216 e. The van der Waals surface area contributed by atoms with E-state index in [4.69, 9.17) is 5.73 Å². The minimum atomic E-state index is -0.428. The summed E-state index contributed by atoms with van der Waals surface area (Å²) >= 11 is 0. The van der Waals surface area contributed by atoms with Gasteiger partial charge in [0.15, 0.2) is 0 Å². The van der Waals surface area contributed by atoms with Gasteiger partial charge in [-0.1, -0.05) is 0 Å². The van der Waals surface area contributed by atoms with Crippen molar-refractivity contribution in [2.45, 2.75) is 13.5 Å². The number of hydrogen-bond acceptors (Lipinski definition) is 2. The normalized spacial score (nSPS) is 9.90. The van der Waals surface area contributed by atoms with Gasteiger partial charge in [-0.3, -0.25) is 0 Å². The average Bonchev–Trinajstić information content (AvgIpc) is 1.95. The zero-order valence-electron chi connectivity index (χ0n) is 5.76. The number of halogens is 1. The second-order valence-electron chi connectivity index (χ2n) is 2.09. The van der Waals surface area contributed by atoms with E-state index >= 15 is 0 Å². The molecule has 0 aliphatic rings. The Morgan fingerprint density at radius 2 is 2.40 bits per heavy atom. The second-order valence-corrected chi connectivity index (χ2v) is 2.09. The van der Waals surface area contributed by atoms with Crippen molar-refractivity contribution in [3.05, 3.63) is 29.3 Å². The predicted octanol–water partition coefficient (Wildman–Crippen LogP) is 0.988. The van der Waals surface area contributed by atoms with E-state index in [-0.39, 0.29) is 0 Å². The number of rotatable bonds is 1. The SMILES string of the molecule is Cc1c(CN)ccnc1F. The van der Waals surface area contributed by atoms with Gasteiger partial charge in [0, 0.05) is 18.3 Å². The highest BCUT2D eigenvalue weighted by Gasteiger charge is 2.00. The molecule has 0 atom stereocenters. The van der Waals surface area contributed by atoms with Gasteiger partial charge in [0.25, 0.3) is 0 Å². The van der Waals surface area contributed by atoms with Gasteiger partial charge < -0.3 is 5.73 Å². The fraction of sp³-hybridized carbons (Fsp3) is 0.286. The summed E-state index contributed by atoms with van der Waals surface area (Å²) in [6, 6.07) is 1.72. The zero-order valence-corrected chi connectivity index (χ0v) is 5.76. The van der Waals surface area contributed by atoms with Gasteiger partial charge in [0.05, 0.1) is 0 Å². The highest BCUT2D eigenvalue weighted by Crippen LogP contribution is 2.07. The topological polar surface area (TPSA) is 38.9 Å². The van der Waals surface area contributed by atoms with Crippen molar-refractivity contribution in [3.63, 3.8) is 0 Å². The van der Waals surface area contributed by atoms with Gasteiger partial charge in [-0.05, 0) is 18.6 Å². The zero-order chi connectivity index (χ0) is 7.56. The minimum absolute atomic E-state index is 0.366. The van der Waals surface area contributed by atoms with E-state index < -0.39 is 5.95 Å². The molecule has 0 amide bonds. The van der Waals surface area contributed by atoms with Gasteiger partial charge in [-0.25, -0.2) is 4.98 Å². The molecule has 0 aliphatic heterocycles. The van der Waals surface area contributed by atoms with Crippen LogP contribution in [-0.2, 0) is 6.54 Å². The van der Waals surface area contributed by atoms with Crippen LogP contribution in [-0.4, -0.2) is 4.98 Å². The van der Waals surface area contributed by atoms with Gasteiger partial charge in [0.1, 0.15) is 0 Å². The number of nitrogens with zero attached hydrogens (tertiary/aromatic N) is 1. The van der Waals surface area contributed by atoms with Crippen molar-refractivity contribution in [1.82, 2.24) is 4.98 Å². The van der Waals surface area contributed by atoms with Crippen molar-refractivity contribution in [3.8, 4) is 0 Å². The molecular weight excluding hydrogens is 131 g/mol. The molecule has 0 bridgehead atoms. The largest absolute Gasteiger partial charge is 0.326 e. The van der Waals surface area contributed by atoms with Crippen LogP contribution in [0.2, 0.25) is 0 Å². The number of hydrogen-bond donors (Lipinski definition) is 1. The third-order valence-electron chi connectivity index (χ3n) is 1.47. The van der Waals surface area contributed by atoms with Crippen molar-refractivity contribution in [2.75, 3.05) is 0 Å². The summed E-state index contributed by atoms with van der Waals surface area (Å²) in [5.74, 6) is -0.428. The first-order valence-corrected chi connectivity index (χ1v) is 3.05. The molecule has 10 heavy (non-hydrogen) atoms. The summed E-state index contributed by atoms with van der Waals surface area (Å²) in [6.45, 7) is 2.04. The predicted molar refractivity (Wildman–Crippen MR) is 36.8 cm³/mol. The van der Waals surface area contributed by atoms with Crippen LogP contribution in [0.25, 0.3) is 0 Å². The number of nitrogens with two attached hydrogens (primary N) is 1. The minimum Gasteiger partial charge on any atom is -0.326 e. The Hall–Kier alpha value is -0.960. The Balaban J connectivity index is 3.14. The highest BCUT2D eigenvalue weighted by molar-refractivity contribution is 5.22. The van der Waals surface area contributed by atoms with Gasteiger partial charge in [-0.2, -0.15) is 4.39 Å². The Labute approximate surface area is 58.9 Å². The van der Waals surface area contributed by atoms with Crippen LogP contribution < -0.4 is 5.73 Å². The fourth-order valence-corrected chi connectivity index (χ4v) is 0.768. The maximum absolute atomic E-state index is 12.6. The number of pyridine rings is 1. The van der Waals surface area contributed by atoms with Crippen LogP contribution in [0.15, 0.2) is 12.3 Å². The molecule has 3 heteroatoms. The average molecular weight is 140 g/mol. The molecule has 1 aromatic rings. The summed E-state index contributed by atoms with van der Waals surface area (Å²) < 4.78 is 12.6. The molecule has 0 saturated carbocycles. The third-order valence-corrected chi connectivity index (χ3v) is 1.47. The van der Waals surface area contributed by atoms with Crippen LogP contribution in [0.4, 0.5) is 4.39 Å². The summed E-state index contributed by atoms with van der Waals surface area (Å²) in [4.78, 5) is 3.47. The van der Waals surface area contributed by atoms with Crippen molar-refractivity contribution >= 4 is 0 Å². The van der Waals surface area contributed by atoms with Gasteiger partial charge >= 0.3 is 0 Å². The molecule has 2 N–H and O–H groups in total. The Kier molecular flexibility index (Phi) is 1.97. The molecule has 0 aliphatic carbocycles. The standard InChI is InChI=1S/C7H9FN2/c1-5-6(4-9)2-3-10-7(5)8/h2-3H,4,9H2,1H3. The van der Waals surface area contributed by atoms with E-state index in [1.807, 2.05) is 0 Å². The molecule has 0 saturated heterocycles. The maximum atomic E-state index is 12.6. The third kappa shape index (κ3) is 1.14.